The number of hydrogen-bond acceptors (Lipinski definition) is 1. The van der Waals surface area contributed by atoms with Crippen molar-refractivity contribution in [3.8, 4) is 17.6 Å². The summed E-state index contributed by atoms with van der Waals surface area (Å²) in [5.74, 6) is 6.57. The van der Waals surface area contributed by atoms with Crippen molar-refractivity contribution >= 4 is 0 Å². The van der Waals surface area contributed by atoms with E-state index in [1.54, 1.807) is 6.07 Å². The van der Waals surface area contributed by atoms with Gasteiger partial charge in [0.05, 0.1) is 0 Å². The van der Waals surface area contributed by atoms with Crippen LogP contribution in [0.15, 0.2) is 18.2 Å². The Morgan fingerprint density at radius 2 is 2.14 bits per heavy atom. The van der Waals surface area contributed by atoms with Crippen LogP contribution in [0, 0.1) is 18.8 Å². The van der Waals surface area contributed by atoms with Gasteiger partial charge in [0.15, 0.2) is 0 Å². The lowest BCUT2D eigenvalue weighted by molar-refractivity contribution is 0.463. The van der Waals surface area contributed by atoms with Gasteiger partial charge in [0, 0.05) is 6.42 Å². The van der Waals surface area contributed by atoms with Gasteiger partial charge in [-0.05, 0) is 31.4 Å². The molecule has 1 aromatic rings. The van der Waals surface area contributed by atoms with Gasteiger partial charge in [-0.2, -0.15) is 0 Å². The SMILES string of the molecule is CC#CCC(C)c1cc(C)ccc1O. The van der Waals surface area contributed by atoms with Crippen molar-refractivity contribution in [1.82, 2.24) is 0 Å². The maximum absolute atomic E-state index is 9.66. The third-order valence-corrected chi connectivity index (χ3v) is 2.30. The highest BCUT2D eigenvalue weighted by atomic mass is 16.3. The Morgan fingerprint density at radius 1 is 1.43 bits per heavy atom. The van der Waals surface area contributed by atoms with Gasteiger partial charge < -0.3 is 5.11 Å². The van der Waals surface area contributed by atoms with E-state index in [-0.39, 0.29) is 0 Å². The standard InChI is InChI=1S/C13H16O/c1-4-5-6-11(3)12-9-10(2)7-8-13(12)14/h7-9,11,14H,6H2,1-3H3. The van der Waals surface area contributed by atoms with Crippen LogP contribution in [0.5, 0.6) is 5.75 Å². The first-order valence-corrected chi connectivity index (χ1v) is 4.84. The van der Waals surface area contributed by atoms with E-state index < -0.39 is 0 Å². The largest absolute Gasteiger partial charge is 0.508 e. The Kier molecular flexibility index (Phi) is 3.59. The van der Waals surface area contributed by atoms with E-state index in [0.29, 0.717) is 11.7 Å². The summed E-state index contributed by atoms with van der Waals surface area (Å²) >= 11 is 0. The highest BCUT2D eigenvalue weighted by Crippen LogP contribution is 2.28. The average Bonchev–Trinajstić information content (AvgIpc) is 2.18. The first kappa shape index (κ1) is 10.7. The molecule has 0 aromatic heterocycles. The molecule has 1 aromatic carbocycles. The van der Waals surface area contributed by atoms with Crippen LogP contribution in [0.1, 0.15) is 37.3 Å². The molecule has 0 amide bonds. The molecule has 0 fully saturated rings. The Bertz CT molecular complexity index is 369. The van der Waals surface area contributed by atoms with Crippen molar-refractivity contribution in [1.29, 1.82) is 0 Å². The van der Waals surface area contributed by atoms with Gasteiger partial charge in [0.2, 0.25) is 0 Å². The Balaban J connectivity index is 2.91. The van der Waals surface area contributed by atoms with Gasteiger partial charge >= 0.3 is 0 Å². The Morgan fingerprint density at radius 3 is 2.79 bits per heavy atom. The Hall–Kier alpha value is -1.42. The van der Waals surface area contributed by atoms with Crippen molar-refractivity contribution in [2.24, 2.45) is 0 Å². The molecular weight excluding hydrogens is 172 g/mol. The maximum atomic E-state index is 9.66. The van der Waals surface area contributed by atoms with Crippen LogP contribution in [-0.4, -0.2) is 5.11 Å². The van der Waals surface area contributed by atoms with E-state index in [2.05, 4.69) is 18.8 Å². The molecule has 1 heteroatoms. The number of aromatic hydroxyl groups is 1. The molecule has 1 N–H and O–H groups in total. The van der Waals surface area contributed by atoms with Gasteiger partial charge in [0.1, 0.15) is 5.75 Å². The molecule has 0 bridgehead atoms. The highest BCUT2D eigenvalue weighted by molar-refractivity contribution is 5.38. The van der Waals surface area contributed by atoms with Crippen LogP contribution in [0.3, 0.4) is 0 Å². The number of hydrogen-bond donors (Lipinski definition) is 1. The van der Waals surface area contributed by atoms with E-state index >= 15 is 0 Å². The number of aryl methyl sites for hydroxylation is 1. The zero-order valence-corrected chi connectivity index (χ0v) is 8.96. The summed E-state index contributed by atoms with van der Waals surface area (Å²) in [4.78, 5) is 0. The molecule has 1 nitrogen and oxygen atoms in total. The van der Waals surface area contributed by atoms with E-state index in [1.165, 1.54) is 5.56 Å². The van der Waals surface area contributed by atoms with Crippen molar-refractivity contribution in [2.45, 2.75) is 33.1 Å². The molecule has 0 saturated heterocycles. The maximum Gasteiger partial charge on any atom is 0.119 e. The number of benzene rings is 1. The fourth-order valence-electron chi connectivity index (χ4n) is 1.43. The monoisotopic (exact) mass is 188 g/mol. The first-order valence-electron chi connectivity index (χ1n) is 4.84. The number of rotatable bonds is 2. The van der Waals surface area contributed by atoms with Crippen LogP contribution in [0.25, 0.3) is 0 Å². The lowest BCUT2D eigenvalue weighted by atomic mass is 9.95. The summed E-state index contributed by atoms with van der Waals surface area (Å²) in [6, 6.07) is 5.69. The molecule has 0 spiro atoms. The van der Waals surface area contributed by atoms with E-state index in [1.807, 2.05) is 26.0 Å². The first-order chi connectivity index (χ1) is 6.65. The summed E-state index contributed by atoms with van der Waals surface area (Å²) in [5.41, 5.74) is 2.17. The molecule has 0 heterocycles. The minimum Gasteiger partial charge on any atom is -0.508 e. The molecule has 74 valence electrons. The quantitative estimate of drug-likeness (QED) is 0.706. The van der Waals surface area contributed by atoms with Gasteiger partial charge in [-0.3, -0.25) is 0 Å². The molecule has 14 heavy (non-hydrogen) atoms. The second kappa shape index (κ2) is 4.72. The van der Waals surface area contributed by atoms with E-state index in [0.717, 1.165) is 12.0 Å². The molecular formula is C13H16O. The molecule has 0 aliphatic heterocycles. The summed E-state index contributed by atoms with van der Waals surface area (Å²) in [5, 5.41) is 9.66. The minimum atomic E-state index is 0.294. The second-order valence-corrected chi connectivity index (χ2v) is 3.59. The smallest absolute Gasteiger partial charge is 0.119 e. The second-order valence-electron chi connectivity index (χ2n) is 3.59. The van der Waals surface area contributed by atoms with Gasteiger partial charge in [0.25, 0.3) is 0 Å². The normalized spacial score (nSPS) is 11.6. The number of phenols is 1. The molecule has 0 aliphatic carbocycles. The summed E-state index contributed by atoms with van der Waals surface area (Å²) in [7, 11) is 0. The summed E-state index contributed by atoms with van der Waals surface area (Å²) in [6.07, 6.45) is 0.799. The minimum absolute atomic E-state index is 0.294. The predicted octanol–water partition coefficient (Wildman–Crippen LogP) is 3.22. The zero-order valence-electron chi connectivity index (χ0n) is 8.96. The molecule has 1 atom stereocenters. The van der Waals surface area contributed by atoms with Gasteiger partial charge in [-0.15, -0.1) is 11.8 Å². The Labute approximate surface area is 85.8 Å². The molecule has 1 rings (SSSR count). The van der Waals surface area contributed by atoms with Crippen molar-refractivity contribution in [2.75, 3.05) is 0 Å². The third-order valence-electron chi connectivity index (χ3n) is 2.30. The molecule has 1 unspecified atom stereocenters. The van der Waals surface area contributed by atoms with Crippen LogP contribution >= 0.6 is 0 Å². The van der Waals surface area contributed by atoms with Crippen molar-refractivity contribution in [3.63, 3.8) is 0 Å². The van der Waals surface area contributed by atoms with Crippen LogP contribution in [-0.2, 0) is 0 Å². The van der Waals surface area contributed by atoms with Crippen LogP contribution < -0.4 is 0 Å². The average molecular weight is 188 g/mol. The van der Waals surface area contributed by atoms with Crippen molar-refractivity contribution in [3.05, 3.63) is 29.3 Å². The molecule has 0 radical (unpaired) electrons. The lowest BCUT2D eigenvalue weighted by Gasteiger charge is -2.11. The summed E-state index contributed by atoms with van der Waals surface area (Å²) in [6.45, 7) is 5.95. The zero-order chi connectivity index (χ0) is 10.6. The number of phenolic OH excluding ortho intramolecular Hbond substituents is 1. The van der Waals surface area contributed by atoms with E-state index in [9.17, 15) is 5.11 Å². The summed E-state index contributed by atoms with van der Waals surface area (Å²) < 4.78 is 0. The predicted molar refractivity (Wildman–Crippen MR) is 59.3 cm³/mol. The van der Waals surface area contributed by atoms with E-state index in [4.69, 9.17) is 0 Å². The van der Waals surface area contributed by atoms with Gasteiger partial charge in [-0.1, -0.05) is 24.6 Å². The topological polar surface area (TPSA) is 20.2 Å². The highest BCUT2D eigenvalue weighted by Gasteiger charge is 2.08. The molecule has 0 aliphatic rings. The lowest BCUT2D eigenvalue weighted by Crippen LogP contribution is -1.93. The fraction of sp³-hybridized carbons (Fsp3) is 0.385. The van der Waals surface area contributed by atoms with Crippen LogP contribution in [0.2, 0.25) is 0 Å². The van der Waals surface area contributed by atoms with Crippen LogP contribution in [0.4, 0.5) is 0 Å². The van der Waals surface area contributed by atoms with Gasteiger partial charge in [-0.25, -0.2) is 0 Å². The molecule has 0 saturated carbocycles. The fourth-order valence-corrected chi connectivity index (χ4v) is 1.43. The third kappa shape index (κ3) is 2.53. The van der Waals surface area contributed by atoms with Crippen molar-refractivity contribution < 1.29 is 5.11 Å².